The van der Waals surface area contributed by atoms with E-state index >= 15 is 0 Å². The molecule has 0 N–H and O–H groups in total. The van der Waals surface area contributed by atoms with Crippen molar-refractivity contribution >= 4 is 33.7 Å². The molecule has 2 heteroatoms. The van der Waals surface area contributed by atoms with Gasteiger partial charge < -0.3 is 0 Å². The number of hydrogen-bond acceptors (Lipinski definition) is 0. The first kappa shape index (κ1) is 32.0. The van der Waals surface area contributed by atoms with Crippen LogP contribution in [-0.2, 0) is 33.2 Å². The van der Waals surface area contributed by atoms with E-state index in [1.54, 1.807) is 22.3 Å². The van der Waals surface area contributed by atoms with Gasteiger partial charge in [-0.05, 0) is 0 Å². The van der Waals surface area contributed by atoms with Crippen LogP contribution in [0, 0.1) is 0 Å². The molecular weight excluding hydrogens is 648 g/mol. The van der Waals surface area contributed by atoms with Crippen molar-refractivity contribution in [3.63, 3.8) is 0 Å². The fourth-order valence-electron chi connectivity index (χ4n) is 9.50. The Balaban J connectivity index is 1.09. The first-order valence-electron chi connectivity index (χ1n) is 17.7. The molecule has 0 bridgehead atoms. The van der Waals surface area contributed by atoms with Gasteiger partial charge in [0.2, 0.25) is 0 Å². The van der Waals surface area contributed by atoms with Gasteiger partial charge in [-0.25, -0.2) is 0 Å². The zero-order valence-electron chi connectivity index (χ0n) is 29.3. The van der Waals surface area contributed by atoms with Gasteiger partial charge >= 0.3 is 297 Å². The first-order valence-corrected chi connectivity index (χ1v) is 28.0. The summed E-state index contributed by atoms with van der Waals surface area (Å²) in [5, 5.41) is 16.2. The molecule has 2 aliphatic rings. The molecule has 238 valence electrons. The van der Waals surface area contributed by atoms with Gasteiger partial charge in [-0.3, -0.25) is 0 Å². The molecule has 8 rings (SSSR count). The van der Waals surface area contributed by atoms with Crippen LogP contribution in [0.15, 0.2) is 132 Å². The molecule has 0 nitrogen and oxygen atoms in total. The summed E-state index contributed by atoms with van der Waals surface area (Å²) in [6.45, 7) is 4.85. The molecule has 48 heavy (non-hydrogen) atoms. The first-order chi connectivity index (χ1) is 23.1. The molecule has 0 aromatic heterocycles. The second-order valence-electron chi connectivity index (χ2n) is 15.8. The Hall–Kier alpha value is -3.25. The van der Waals surface area contributed by atoms with Crippen LogP contribution < -0.4 is 0 Å². The number of rotatable bonds is 7. The summed E-state index contributed by atoms with van der Waals surface area (Å²) in [6.07, 6.45) is 5.09. The Kier molecular flexibility index (Phi) is 8.17. The Bertz CT molecular complexity index is 2110. The van der Waals surface area contributed by atoms with Gasteiger partial charge in [0.05, 0.1) is 0 Å². The van der Waals surface area contributed by atoms with Crippen molar-refractivity contribution in [2.24, 2.45) is 0 Å². The second kappa shape index (κ2) is 12.3. The third-order valence-corrected chi connectivity index (χ3v) is 25.0. The Morgan fingerprint density at radius 3 is 1.21 bits per heavy atom. The minimum absolute atomic E-state index is 0.624. The van der Waals surface area contributed by atoms with Crippen molar-refractivity contribution in [2.45, 2.75) is 52.7 Å². The van der Waals surface area contributed by atoms with E-state index in [1.807, 2.05) is 0 Å². The molecule has 0 heterocycles. The molecule has 0 saturated carbocycles. The predicted molar refractivity (Wildman–Crippen MR) is 205 cm³/mol. The topological polar surface area (TPSA) is 0 Å². The molecule has 0 spiro atoms. The SMILES string of the molecule is CC1=Cc2c(-c3cccc4ccccc34)cccc2[CH]1[Ti]([CH3])([CH3])[CH2][CH2][Ti]([CH3])([CH3])[CH]1C(C)=Cc2c(-c3cccc4ccccc34)cccc21. The predicted octanol–water partition coefficient (Wildman–Crippen LogP) is 14.3. The maximum absolute atomic E-state index is 2.73. The standard InChI is InChI=1S/2C20H15.C2H4.4CH3.2Ti/c2*1-14-12-16-8-5-11-19(20(16)13-14)18-10-4-7-15-6-2-3-9-17(15)18;1-2;;;;;;/h2*2-13H,1H3;1-2H2;4*1H3;;. The van der Waals surface area contributed by atoms with Crippen LogP contribution in [0.3, 0.4) is 0 Å². The Morgan fingerprint density at radius 2 is 0.771 bits per heavy atom. The third kappa shape index (κ3) is 5.37. The Morgan fingerprint density at radius 1 is 0.417 bits per heavy atom. The van der Waals surface area contributed by atoms with Crippen LogP contribution in [-0.4, -0.2) is 0 Å². The quantitative estimate of drug-likeness (QED) is 0.146. The van der Waals surface area contributed by atoms with E-state index in [9.17, 15) is 0 Å². The number of hydrogen-bond donors (Lipinski definition) is 0. The fraction of sp³-hybridized carbons (Fsp3) is 0.217. The fourth-order valence-corrected chi connectivity index (χ4v) is 28.2. The third-order valence-electron chi connectivity index (χ3n) is 11.7. The van der Waals surface area contributed by atoms with Crippen LogP contribution >= 0.6 is 0 Å². The average molecular weight is 695 g/mol. The number of benzene rings is 6. The van der Waals surface area contributed by atoms with E-state index < -0.39 is 33.2 Å². The zero-order valence-corrected chi connectivity index (χ0v) is 32.4. The van der Waals surface area contributed by atoms with Crippen LogP contribution in [0.1, 0.15) is 44.5 Å². The summed E-state index contributed by atoms with van der Waals surface area (Å²) in [6, 6.07) is 45.5. The molecule has 0 amide bonds. The van der Waals surface area contributed by atoms with Crippen molar-refractivity contribution in [1.82, 2.24) is 0 Å². The van der Waals surface area contributed by atoms with Crippen molar-refractivity contribution in [2.75, 3.05) is 0 Å². The molecule has 0 radical (unpaired) electrons. The summed E-state index contributed by atoms with van der Waals surface area (Å²) in [5.74, 6) is 0. The van der Waals surface area contributed by atoms with Gasteiger partial charge in [0, 0.05) is 0 Å². The molecule has 2 aliphatic carbocycles. The van der Waals surface area contributed by atoms with Gasteiger partial charge in [0.1, 0.15) is 0 Å². The van der Waals surface area contributed by atoms with E-state index in [0.29, 0.717) is 8.45 Å². The van der Waals surface area contributed by atoms with E-state index in [4.69, 9.17) is 0 Å². The van der Waals surface area contributed by atoms with Gasteiger partial charge in [-0.1, -0.05) is 0 Å². The summed E-state index contributed by atoms with van der Waals surface area (Å²) < 4.78 is 4.11. The van der Waals surface area contributed by atoms with Crippen LogP contribution in [0.4, 0.5) is 0 Å². The van der Waals surface area contributed by atoms with Crippen molar-refractivity contribution in [3.05, 3.63) is 155 Å². The van der Waals surface area contributed by atoms with Crippen molar-refractivity contribution in [3.8, 4) is 22.3 Å². The van der Waals surface area contributed by atoms with Crippen LogP contribution in [0.2, 0.25) is 30.4 Å². The Labute approximate surface area is 294 Å². The van der Waals surface area contributed by atoms with E-state index in [-0.39, 0.29) is 0 Å². The van der Waals surface area contributed by atoms with E-state index in [2.05, 4.69) is 168 Å². The summed E-state index contributed by atoms with van der Waals surface area (Å²) in [4.78, 5) is 0. The van der Waals surface area contributed by atoms with E-state index in [1.165, 1.54) is 64.4 Å². The van der Waals surface area contributed by atoms with E-state index in [0.717, 1.165) is 0 Å². The molecule has 6 aromatic rings. The summed E-state index contributed by atoms with van der Waals surface area (Å²) in [5.41, 5.74) is 14.8. The maximum atomic E-state index is 2.73. The molecule has 6 aromatic carbocycles. The monoisotopic (exact) mass is 694 g/mol. The summed E-state index contributed by atoms with van der Waals surface area (Å²) >= 11 is -4.63. The van der Waals surface area contributed by atoms with Gasteiger partial charge in [0.25, 0.3) is 0 Å². The molecule has 0 fully saturated rings. The normalized spacial score (nSPS) is 17.4. The van der Waals surface area contributed by atoms with Crippen molar-refractivity contribution < 1.29 is 33.2 Å². The summed E-state index contributed by atoms with van der Waals surface area (Å²) in [7, 11) is 0. The minimum atomic E-state index is -2.31. The molecule has 2 unspecified atom stereocenters. The van der Waals surface area contributed by atoms with Gasteiger partial charge in [-0.2, -0.15) is 0 Å². The number of allylic oxidation sites excluding steroid dienone is 2. The van der Waals surface area contributed by atoms with Crippen molar-refractivity contribution in [1.29, 1.82) is 0 Å². The zero-order chi connectivity index (χ0) is 33.2. The second-order valence-corrected chi connectivity index (χ2v) is 31.6. The van der Waals surface area contributed by atoms with Crippen LogP contribution in [0.25, 0.3) is 56.0 Å². The van der Waals surface area contributed by atoms with Gasteiger partial charge in [-0.15, -0.1) is 0 Å². The average Bonchev–Trinajstić information content (AvgIpc) is 3.63. The molecule has 2 atom stereocenters. The number of fused-ring (bicyclic) bond motifs is 4. The molecule has 0 aliphatic heterocycles. The van der Waals surface area contributed by atoms with Gasteiger partial charge in [0.15, 0.2) is 0 Å². The molecular formula is C46H46Ti2. The van der Waals surface area contributed by atoms with Crippen LogP contribution in [0.5, 0.6) is 0 Å². The molecule has 0 saturated heterocycles.